The summed E-state index contributed by atoms with van der Waals surface area (Å²) in [6, 6.07) is 5.77. The van der Waals surface area contributed by atoms with Crippen molar-refractivity contribution in [1.82, 2.24) is 24.8 Å². The minimum atomic E-state index is -1.15. The molecule has 0 saturated carbocycles. The molecule has 0 spiro atoms. The topological polar surface area (TPSA) is 158 Å². The number of benzene rings is 1. The van der Waals surface area contributed by atoms with Gasteiger partial charge in [0.25, 0.3) is 5.91 Å². The Balaban J connectivity index is 1.62. The molecule has 0 radical (unpaired) electrons. The van der Waals surface area contributed by atoms with Gasteiger partial charge in [-0.25, -0.2) is 15.0 Å². The van der Waals surface area contributed by atoms with Gasteiger partial charge in [0, 0.05) is 5.56 Å². The van der Waals surface area contributed by atoms with Crippen LogP contribution in [0.4, 0.5) is 5.82 Å². The fraction of sp³-hybridized carbons (Fsp3) is 0.368. The molecule has 4 rings (SSSR count). The summed E-state index contributed by atoms with van der Waals surface area (Å²) < 4.78 is 12.7. The Morgan fingerprint density at radius 3 is 2.77 bits per heavy atom. The number of ether oxygens (including phenoxy) is 2. The Labute approximate surface area is 171 Å². The van der Waals surface area contributed by atoms with Crippen LogP contribution in [0.3, 0.4) is 0 Å². The molecule has 1 aliphatic heterocycles. The summed E-state index contributed by atoms with van der Waals surface area (Å²) >= 11 is 0. The SMILES string of the molecule is CCOc1ccc(C(=O)N[C@@H]2[C@H](O)[C@@H](CO)O[C@H]2n2cnc3c(N)ncnc32)cc1. The number of nitrogens with one attached hydrogen (secondary N) is 1. The van der Waals surface area contributed by atoms with Crippen LogP contribution in [-0.4, -0.2) is 67.1 Å². The fourth-order valence-corrected chi connectivity index (χ4v) is 3.45. The maximum absolute atomic E-state index is 12.8. The van der Waals surface area contributed by atoms with E-state index in [4.69, 9.17) is 15.2 Å². The van der Waals surface area contributed by atoms with Crippen LogP contribution in [0, 0.1) is 0 Å². The maximum Gasteiger partial charge on any atom is 0.251 e. The van der Waals surface area contributed by atoms with Gasteiger partial charge in [-0.1, -0.05) is 0 Å². The van der Waals surface area contributed by atoms with Gasteiger partial charge in [-0.15, -0.1) is 0 Å². The van der Waals surface area contributed by atoms with Crippen LogP contribution in [0.5, 0.6) is 5.75 Å². The summed E-state index contributed by atoms with van der Waals surface area (Å²) in [7, 11) is 0. The second-order valence-corrected chi connectivity index (χ2v) is 6.78. The van der Waals surface area contributed by atoms with Gasteiger partial charge in [-0.3, -0.25) is 9.36 Å². The number of carbonyl (C=O) groups excluding carboxylic acids is 1. The van der Waals surface area contributed by atoms with Crippen LogP contribution in [0.15, 0.2) is 36.9 Å². The highest BCUT2D eigenvalue weighted by atomic mass is 16.5. The number of amides is 1. The lowest BCUT2D eigenvalue weighted by Gasteiger charge is -2.23. The lowest BCUT2D eigenvalue weighted by atomic mass is 10.1. The van der Waals surface area contributed by atoms with E-state index in [-0.39, 0.29) is 5.82 Å². The number of carbonyl (C=O) groups is 1. The van der Waals surface area contributed by atoms with E-state index in [1.54, 1.807) is 28.8 Å². The molecule has 4 atom stereocenters. The first kappa shape index (κ1) is 20.0. The molecule has 1 fully saturated rings. The van der Waals surface area contributed by atoms with Gasteiger partial charge >= 0.3 is 0 Å². The molecule has 0 bridgehead atoms. The van der Waals surface area contributed by atoms with Crippen LogP contribution in [0.1, 0.15) is 23.5 Å². The summed E-state index contributed by atoms with van der Waals surface area (Å²) in [4.78, 5) is 25.1. The second kappa shape index (κ2) is 8.22. The highest BCUT2D eigenvalue weighted by molar-refractivity contribution is 5.94. The molecule has 1 aliphatic rings. The lowest BCUT2D eigenvalue weighted by Crippen LogP contribution is -2.46. The summed E-state index contributed by atoms with van der Waals surface area (Å²) in [6.45, 7) is 1.98. The number of nitrogen functional groups attached to an aromatic ring is 1. The third-order valence-electron chi connectivity index (χ3n) is 4.94. The molecule has 11 heteroatoms. The average Bonchev–Trinajstić information content (AvgIpc) is 3.31. The minimum Gasteiger partial charge on any atom is -0.494 e. The van der Waals surface area contributed by atoms with Crippen molar-refractivity contribution in [1.29, 1.82) is 0 Å². The molecule has 11 nitrogen and oxygen atoms in total. The van der Waals surface area contributed by atoms with E-state index in [0.717, 1.165) is 0 Å². The summed E-state index contributed by atoms with van der Waals surface area (Å²) in [6.07, 6.45) is -0.162. The quantitative estimate of drug-likeness (QED) is 0.431. The molecule has 1 aromatic carbocycles. The van der Waals surface area contributed by atoms with E-state index < -0.39 is 37.0 Å². The predicted molar refractivity (Wildman–Crippen MR) is 106 cm³/mol. The molecule has 1 amide bonds. The van der Waals surface area contributed by atoms with Crippen molar-refractivity contribution in [2.75, 3.05) is 18.9 Å². The van der Waals surface area contributed by atoms with Crippen LogP contribution >= 0.6 is 0 Å². The molecule has 0 aliphatic carbocycles. The zero-order valence-electron chi connectivity index (χ0n) is 16.2. The van der Waals surface area contributed by atoms with Crippen molar-refractivity contribution >= 4 is 22.9 Å². The normalized spacial score (nSPS) is 23.6. The highest BCUT2D eigenvalue weighted by Gasteiger charge is 2.45. The van der Waals surface area contributed by atoms with Crippen LogP contribution < -0.4 is 15.8 Å². The number of nitrogens with zero attached hydrogens (tertiary/aromatic N) is 4. The van der Waals surface area contributed by atoms with Gasteiger partial charge in [-0.2, -0.15) is 0 Å². The molecular formula is C19H22N6O5. The van der Waals surface area contributed by atoms with Crippen LogP contribution in [-0.2, 0) is 4.74 Å². The second-order valence-electron chi connectivity index (χ2n) is 6.78. The molecule has 3 heterocycles. The number of imidazole rings is 1. The predicted octanol–water partition coefficient (Wildman–Crippen LogP) is -0.144. The van der Waals surface area contributed by atoms with Crippen molar-refractivity contribution in [2.45, 2.75) is 31.4 Å². The fourth-order valence-electron chi connectivity index (χ4n) is 3.45. The number of fused-ring (bicyclic) bond motifs is 1. The van der Waals surface area contributed by atoms with Crippen molar-refractivity contribution in [3.05, 3.63) is 42.5 Å². The monoisotopic (exact) mass is 414 g/mol. The Morgan fingerprint density at radius 1 is 1.30 bits per heavy atom. The maximum atomic E-state index is 12.8. The third-order valence-corrected chi connectivity index (χ3v) is 4.94. The summed E-state index contributed by atoms with van der Waals surface area (Å²) in [5.41, 5.74) is 6.99. The number of anilines is 1. The summed E-state index contributed by atoms with van der Waals surface area (Å²) in [5.74, 6) is 0.442. The Kier molecular flexibility index (Phi) is 5.48. The molecule has 1 saturated heterocycles. The van der Waals surface area contributed by atoms with Crippen LogP contribution in [0.2, 0.25) is 0 Å². The van der Waals surface area contributed by atoms with Crippen molar-refractivity contribution < 1.29 is 24.5 Å². The summed E-state index contributed by atoms with van der Waals surface area (Å²) in [5, 5.41) is 23.0. The minimum absolute atomic E-state index is 0.200. The molecule has 3 aromatic rings. The van der Waals surface area contributed by atoms with E-state index >= 15 is 0 Å². The van der Waals surface area contributed by atoms with Gasteiger partial charge in [0.05, 0.1) is 19.5 Å². The average molecular weight is 414 g/mol. The molecule has 2 aromatic heterocycles. The van der Waals surface area contributed by atoms with Gasteiger partial charge in [0.1, 0.15) is 35.8 Å². The molecule has 5 N–H and O–H groups in total. The van der Waals surface area contributed by atoms with E-state index in [2.05, 4.69) is 20.3 Å². The molecule has 0 unspecified atom stereocenters. The standard InChI is InChI=1S/C19H22N6O5/c1-2-29-11-5-3-10(4-6-11)18(28)24-13-15(27)12(7-26)30-19(13)25-9-23-14-16(20)21-8-22-17(14)25/h3-6,8-9,12-13,15,19,26-27H,2,7H2,1H3,(H,24,28)(H2,20,21,22)/t12-,13-,15-,19-/m1/s1. The van der Waals surface area contributed by atoms with E-state index in [1.165, 1.54) is 12.7 Å². The van der Waals surface area contributed by atoms with Gasteiger partial charge < -0.3 is 30.7 Å². The van der Waals surface area contributed by atoms with Gasteiger partial charge in [0.2, 0.25) is 0 Å². The largest absolute Gasteiger partial charge is 0.494 e. The lowest BCUT2D eigenvalue weighted by molar-refractivity contribution is -0.0440. The number of aliphatic hydroxyl groups is 2. The van der Waals surface area contributed by atoms with E-state index in [1.807, 2.05) is 6.92 Å². The number of hydrogen-bond donors (Lipinski definition) is 4. The van der Waals surface area contributed by atoms with E-state index in [0.29, 0.717) is 29.1 Å². The first-order valence-corrected chi connectivity index (χ1v) is 9.44. The molecular weight excluding hydrogens is 392 g/mol. The molecule has 30 heavy (non-hydrogen) atoms. The number of aliphatic hydroxyl groups excluding tert-OH is 2. The third kappa shape index (κ3) is 3.54. The highest BCUT2D eigenvalue weighted by Crippen LogP contribution is 2.32. The van der Waals surface area contributed by atoms with E-state index in [9.17, 15) is 15.0 Å². The zero-order chi connectivity index (χ0) is 21.3. The first-order valence-electron chi connectivity index (χ1n) is 9.44. The first-order chi connectivity index (χ1) is 14.5. The van der Waals surface area contributed by atoms with Crippen molar-refractivity contribution in [3.8, 4) is 5.75 Å². The number of aromatic nitrogens is 4. The van der Waals surface area contributed by atoms with Gasteiger partial charge in [-0.05, 0) is 31.2 Å². The van der Waals surface area contributed by atoms with Crippen LogP contribution in [0.25, 0.3) is 11.2 Å². The number of rotatable bonds is 6. The number of nitrogens with two attached hydrogens (primary N) is 1. The van der Waals surface area contributed by atoms with Crippen molar-refractivity contribution in [2.24, 2.45) is 0 Å². The smallest absolute Gasteiger partial charge is 0.251 e. The Hall–Kier alpha value is -3.28. The Bertz CT molecular complexity index is 1040. The zero-order valence-corrected chi connectivity index (χ0v) is 16.2. The number of hydrogen-bond acceptors (Lipinski definition) is 9. The van der Waals surface area contributed by atoms with Gasteiger partial charge in [0.15, 0.2) is 17.7 Å². The molecule has 158 valence electrons. The Morgan fingerprint density at radius 2 is 2.07 bits per heavy atom. The van der Waals surface area contributed by atoms with Crippen molar-refractivity contribution in [3.63, 3.8) is 0 Å².